The summed E-state index contributed by atoms with van der Waals surface area (Å²) in [5, 5.41) is 18.0. The summed E-state index contributed by atoms with van der Waals surface area (Å²) >= 11 is 0. The minimum atomic E-state index is 0.465. The Kier molecular flexibility index (Phi) is 1.51. The van der Waals surface area contributed by atoms with Crippen molar-refractivity contribution in [2.75, 3.05) is 0 Å². The molecule has 0 aliphatic rings. The van der Waals surface area contributed by atoms with Gasteiger partial charge in [0.05, 0.1) is 17.2 Å². The van der Waals surface area contributed by atoms with Gasteiger partial charge in [-0.05, 0) is 18.2 Å². The number of nitriles is 2. The quantitative estimate of drug-likeness (QED) is 0.605. The number of nitrogens with zero attached hydrogens (tertiary/aromatic N) is 2. The molecule has 1 aromatic heterocycles. The van der Waals surface area contributed by atoms with E-state index in [1.54, 1.807) is 18.2 Å². The molecule has 3 heteroatoms. The number of furan rings is 1. The molecule has 13 heavy (non-hydrogen) atoms. The molecule has 2 aromatic rings. The first kappa shape index (κ1) is 7.39. The first-order chi connectivity index (χ1) is 6.35. The normalized spacial score (nSPS) is 9.38. The van der Waals surface area contributed by atoms with Gasteiger partial charge in [0.2, 0.25) is 0 Å². The zero-order valence-electron chi connectivity index (χ0n) is 6.61. The van der Waals surface area contributed by atoms with Gasteiger partial charge in [0, 0.05) is 5.39 Å². The molecule has 0 fully saturated rings. The van der Waals surface area contributed by atoms with Crippen LogP contribution in [0.15, 0.2) is 28.9 Å². The van der Waals surface area contributed by atoms with Gasteiger partial charge >= 0.3 is 0 Å². The molecule has 2 rings (SSSR count). The Balaban J connectivity index is 2.83. The van der Waals surface area contributed by atoms with Crippen molar-refractivity contribution in [2.45, 2.75) is 0 Å². The first-order valence-electron chi connectivity index (χ1n) is 3.66. The lowest BCUT2D eigenvalue weighted by Crippen LogP contribution is -1.74. The van der Waals surface area contributed by atoms with E-state index in [1.807, 2.05) is 12.1 Å². The Morgan fingerprint density at radius 1 is 1.15 bits per heavy atom. The maximum Gasteiger partial charge on any atom is 0.135 e. The van der Waals surface area contributed by atoms with E-state index in [0.717, 1.165) is 0 Å². The molecule has 0 atom stereocenters. The van der Waals surface area contributed by atoms with Gasteiger partial charge in [-0.15, -0.1) is 0 Å². The topological polar surface area (TPSA) is 60.7 Å². The van der Waals surface area contributed by atoms with Crippen LogP contribution >= 0.6 is 0 Å². The highest BCUT2D eigenvalue weighted by Gasteiger charge is 2.04. The predicted molar refractivity (Wildman–Crippen MR) is 45.6 cm³/mol. The third kappa shape index (κ3) is 1.04. The standard InChI is InChI=1S/C10H4N2O/c11-4-7-1-2-10-9(3-7)8(5-12)6-13-10/h1-3,6H. The van der Waals surface area contributed by atoms with Crippen LogP contribution in [0.4, 0.5) is 0 Å². The predicted octanol–water partition coefficient (Wildman–Crippen LogP) is 2.18. The third-order valence-electron chi connectivity index (χ3n) is 1.82. The maximum absolute atomic E-state index is 8.70. The molecule has 0 unspecified atom stereocenters. The van der Waals surface area contributed by atoms with Crippen LogP contribution in [0.3, 0.4) is 0 Å². The van der Waals surface area contributed by atoms with E-state index in [9.17, 15) is 0 Å². The van der Waals surface area contributed by atoms with E-state index in [0.29, 0.717) is 22.1 Å². The van der Waals surface area contributed by atoms with Crippen molar-refractivity contribution >= 4 is 11.0 Å². The lowest BCUT2D eigenvalue weighted by molar-refractivity contribution is 0.614. The van der Waals surface area contributed by atoms with Crippen LogP contribution in [0.5, 0.6) is 0 Å². The fourth-order valence-electron chi connectivity index (χ4n) is 1.19. The SMILES string of the molecule is N#Cc1ccc2occ(C#N)c2c1. The molecule has 60 valence electrons. The van der Waals surface area contributed by atoms with Crippen LogP contribution in [0.2, 0.25) is 0 Å². The molecule has 0 bridgehead atoms. The van der Waals surface area contributed by atoms with E-state index in [4.69, 9.17) is 14.9 Å². The molecule has 0 N–H and O–H groups in total. The van der Waals surface area contributed by atoms with Gasteiger partial charge in [-0.1, -0.05) is 0 Å². The van der Waals surface area contributed by atoms with Gasteiger partial charge in [-0.2, -0.15) is 10.5 Å². The summed E-state index contributed by atoms with van der Waals surface area (Å²) in [6, 6.07) is 9.01. The average Bonchev–Trinajstić information content (AvgIpc) is 2.59. The van der Waals surface area contributed by atoms with Crippen LogP contribution < -0.4 is 0 Å². The van der Waals surface area contributed by atoms with Crippen LogP contribution in [0.1, 0.15) is 11.1 Å². The fraction of sp³-hybridized carbons (Fsp3) is 0. The average molecular weight is 168 g/mol. The second kappa shape index (κ2) is 2.66. The van der Waals surface area contributed by atoms with E-state index < -0.39 is 0 Å². The highest BCUT2D eigenvalue weighted by atomic mass is 16.3. The highest BCUT2D eigenvalue weighted by molar-refractivity contribution is 5.84. The zero-order valence-corrected chi connectivity index (χ0v) is 6.61. The van der Waals surface area contributed by atoms with Gasteiger partial charge in [-0.25, -0.2) is 0 Å². The van der Waals surface area contributed by atoms with Crippen LogP contribution in [0.25, 0.3) is 11.0 Å². The molecular weight excluding hydrogens is 164 g/mol. The molecule has 0 radical (unpaired) electrons. The lowest BCUT2D eigenvalue weighted by Gasteiger charge is -1.88. The van der Waals surface area contributed by atoms with Crippen LogP contribution in [-0.4, -0.2) is 0 Å². The van der Waals surface area contributed by atoms with Crippen molar-refractivity contribution in [3.63, 3.8) is 0 Å². The van der Waals surface area contributed by atoms with Crippen molar-refractivity contribution < 1.29 is 4.42 Å². The Bertz CT molecular complexity index is 540. The molecule has 1 aromatic carbocycles. The van der Waals surface area contributed by atoms with Gasteiger partial charge in [0.25, 0.3) is 0 Å². The molecule has 0 aliphatic carbocycles. The van der Waals surface area contributed by atoms with E-state index in [1.165, 1.54) is 6.26 Å². The van der Waals surface area contributed by atoms with Crippen molar-refractivity contribution in [1.29, 1.82) is 10.5 Å². The molecule has 0 saturated carbocycles. The number of hydrogen-bond donors (Lipinski definition) is 0. The van der Waals surface area contributed by atoms with Crippen molar-refractivity contribution in [2.24, 2.45) is 0 Å². The number of hydrogen-bond acceptors (Lipinski definition) is 3. The van der Waals surface area contributed by atoms with E-state index >= 15 is 0 Å². The summed E-state index contributed by atoms with van der Waals surface area (Å²) in [7, 11) is 0. The Hall–Kier alpha value is -2.26. The minimum absolute atomic E-state index is 0.465. The summed E-state index contributed by atoms with van der Waals surface area (Å²) in [6.45, 7) is 0. The van der Waals surface area contributed by atoms with E-state index in [-0.39, 0.29) is 0 Å². The maximum atomic E-state index is 8.70. The lowest BCUT2D eigenvalue weighted by atomic mass is 10.1. The Morgan fingerprint density at radius 3 is 2.69 bits per heavy atom. The van der Waals surface area contributed by atoms with Gasteiger partial charge in [0.1, 0.15) is 17.9 Å². The molecule has 3 nitrogen and oxygen atoms in total. The van der Waals surface area contributed by atoms with Gasteiger partial charge in [0.15, 0.2) is 0 Å². The second-order valence-corrected chi connectivity index (χ2v) is 2.58. The summed E-state index contributed by atoms with van der Waals surface area (Å²) in [6.07, 6.45) is 1.39. The molecular formula is C10H4N2O. The smallest absolute Gasteiger partial charge is 0.135 e. The first-order valence-corrected chi connectivity index (χ1v) is 3.66. The molecule has 0 amide bonds. The van der Waals surface area contributed by atoms with Crippen LogP contribution in [-0.2, 0) is 0 Å². The Labute approximate surface area is 74.4 Å². The molecule has 1 heterocycles. The van der Waals surface area contributed by atoms with Crippen LogP contribution in [0, 0.1) is 22.7 Å². The second-order valence-electron chi connectivity index (χ2n) is 2.58. The van der Waals surface area contributed by atoms with Gasteiger partial charge in [-0.3, -0.25) is 0 Å². The molecule has 0 aliphatic heterocycles. The van der Waals surface area contributed by atoms with Crippen molar-refractivity contribution in [3.8, 4) is 12.1 Å². The fourth-order valence-corrected chi connectivity index (χ4v) is 1.19. The molecule has 0 saturated heterocycles. The minimum Gasteiger partial charge on any atom is -0.463 e. The monoisotopic (exact) mass is 168 g/mol. The molecule has 0 spiro atoms. The zero-order chi connectivity index (χ0) is 9.26. The summed E-state index contributed by atoms with van der Waals surface area (Å²) in [5.41, 5.74) is 1.63. The Morgan fingerprint density at radius 2 is 2.00 bits per heavy atom. The summed E-state index contributed by atoms with van der Waals surface area (Å²) in [4.78, 5) is 0. The third-order valence-corrected chi connectivity index (χ3v) is 1.82. The summed E-state index contributed by atoms with van der Waals surface area (Å²) in [5.74, 6) is 0. The van der Waals surface area contributed by atoms with E-state index in [2.05, 4.69) is 0 Å². The number of fused-ring (bicyclic) bond motifs is 1. The highest BCUT2D eigenvalue weighted by Crippen LogP contribution is 2.21. The van der Waals surface area contributed by atoms with Crippen molar-refractivity contribution in [1.82, 2.24) is 0 Å². The van der Waals surface area contributed by atoms with Gasteiger partial charge < -0.3 is 4.42 Å². The summed E-state index contributed by atoms with van der Waals surface area (Å²) < 4.78 is 5.11. The number of rotatable bonds is 0. The van der Waals surface area contributed by atoms with Crippen molar-refractivity contribution in [3.05, 3.63) is 35.6 Å². The number of benzene rings is 1. The largest absolute Gasteiger partial charge is 0.463 e.